The number of allylic oxidation sites excluding steroid dienone is 1. The van der Waals surface area contributed by atoms with Crippen molar-refractivity contribution in [1.82, 2.24) is 24.6 Å². The SMILES string of the molecule is COc1ccc2[nH]c(-c3c(C)nn(C)c3C)c(/C=C3\Oc4ccc(NC(=O)Nc5ccc(C(=O)N(C)CCN(C)C)cc5)cc4C3=O)c2c1. The lowest BCUT2D eigenvalue weighted by atomic mass is 10.0. The number of nitrogens with one attached hydrogen (secondary N) is 3. The molecule has 0 saturated heterocycles. The molecule has 0 bridgehead atoms. The van der Waals surface area contributed by atoms with Crippen molar-refractivity contribution in [2.75, 3.05) is 52.0 Å². The molecule has 3 aromatic carbocycles. The Morgan fingerprint density at radius 2 is 1.69 bits per heavy atom. The fourth-order valence-corrected chi connectivity index (χ4v) is 5.86. The number of carbonyl (C=O) groups excluding carboxylic acids is 3. The van der Waals surface area contributed by atoms with Gasteiger partial charge in [0.25, 0.3) is 5.91 Å². The third kappa shape index (κ3) is 6.63. The summed E-state index contributed by atoms with van der Waals surface area (Å²) in [5.74, 6) is 0.825. The van der Waals surface area contributed by atoms with Crippen LogP contribution in [0.3, 0.4) is 0 Å². The largest absolute Gasteiger partial charge is 0.497 e. The number of aromatic amines is 1. The molecule has 252 valence electrons. The number of methoxy groups -OCH3 is 1. The van der Waals surface area contributed by atoms with Crippen LogP contribution in [0.4, 0.5) is 16.2 Å². The molecule has 6 rings (SSSR count). The first-order valence-corrected chi connectivity index (χ1v) is 15.8. The maximum absolute atomic E-state index is 13.7. The number of aromatic nitrogens is 3. The van der Waals surface area contributed by atoms with Crippen molar-refractivity contribution < 1.29 is 23.9 Å². The van der Waals surface area contributed by atoms with Gasteiger partial charge in [0.2, 0.25) is 5.78 Å². The molecule has 3 heterocycles. The van der Waals surface area contributed by atoms with Crippen LogP contribution < -0.4 is 20.1 Å². The highest BCUT2D eigenvalue weighted by molar-refractivity contribution is 6.16. The smallest absolute Gasteiger partial charge is 0.323 e. The van der Waals surface area contributed by atoms with Gasteiger partial charge in [-0.2, -0.15) is 5.10 Å². The summed E-state index contributed by atoms with van der Waals surface area (Å²) in [7, 11) is 9.18. The molecule has 1 aliphatic heterocycles. The van der Waals surface area contributed by atoms with Crippen molar-refractivity contribution in [2.45, 2.75) is 13.8 Å². The average molecular weight is 662 g/mol. The van der Waals surface area contributed by atoms with E-state index in [4.69, 9.17) is 9.47 Å². The van der Waals surface area contributed by atoms with Crippen LogP contribution in [0.15, 0.2) is 66.4 Å². The molecular weight excluding hydrogens is 622 g/mol. The predicted molar refractivity (Wildman–Crippen MR) is 191 cm³/mol. The van der Waals surface area contributed by atoms with Crippen molar-refractivity contribution in [2.24, 2.45) is 7.05 Å². The molecule has 5 aromatic rings. The molecule has 0 spiro atoms. The van der Waals surface area contributed by atoms with Gasteiger partial charge in [0.15, 0.2) is 5.76 Å². The number of rotatable bonds is 9. The van der Waals surface area contributed by atoms with Crippen molar-refractivity contribution in [1.29, 1.82) is 0 Å². The zero-order chi connectivity index (χ0) is 35.0. The number of carbonyl (C=O) groups is 3. The predicted octanol–water partition coefficient (Wildman–Crippen LogP) is 6.09. The normalized spacial score (nSPS) is 13.1. The Morgan fingerprint density at radius 1 is 0.980 bits per heavy atom. The first kappa shape index (κ1) is 33.0. The molecule has 1 aliphatic rings. The quantitative estimate of drug-likeness (QED) is 0.163. The molecule has 0 saturated carbocycles. The van der Waals surface area contributed by atoms with Crippen LogP contribution in [-0.2, 0) is 7.05 Å². The van der Waals surface area contributed by atoms with E-state index in [9.17, 15) is 14.4 Å². The van der Waals surface area contributed by atoms with Crippen LogP contribution in [0.1, 0.15) is 37.7 Å². The molecule has 0 fully saturated rings. The monoisotopic (exact) mass is 661 g/mol. The van der Waals surface area contributed by atoms with Gasteiger partial charge >= 0.3 is 6.03 Å². The lowest BCUT2D eigenvalue weighted by molar-refractivity contribution is 0.0786. The molecule has 3 N–H and O–H groups in total. The number of benzene rings is 3. The standard InChI is InChI=1S/C37H39N7O5/c1-21-33(22(2)44(6)41-21)34-28(27-19-26(48-7)13-14-30(27)40-34)20-32-35(45)29-18-25(12-15-31(29)49-32)39-37(47)38-24-10-8-23(9-11-24)36(46)43(5)17-16-42(3)4/h8-15,18-20,40H,16-17H2,1-7H3,(H2,38,39,47)/b32-20-. The number of hydrogen-bond donors (Lipinski definition) is 3. The number of likely N-dealkylation sites (N-methyl/N-ethyl adjacent to an activating group) is 2. The summed E-state index contributed by atoms with van der Waals surface area (Å²) in [4.78, 5) is 46.5. The van der Waals surface area contributed by atoms with Gasteiger partial charge in [-0.05, 0) is 94.7 Å². The van der Waals surface area contributed by atoms with Crippen LogP contribution in [0, 0.1) is 13.8 Å². The highest BCUT2D eigenvalue weighted by Crippen LogP contribution is 2.39. The molecule has 0 atom stereocenters. The van der Waals surface area contributed by atoms with E-state index in [2.05, 4.69) is 20.7 Å². The minimum atomic E-state index is -0.496. The van der Waals surface area contributed by atoms with Gasteiger partial charge in [-0.15, -0.1) is 0 Å². The van der Waals surface area contributed by atoms with E-state index in [0.29, 0.717) is 40.5 Å². The van der Waals surface area contributed by atoms with E-state index in [1.807, 2.05) is 62.8 Å². The number of aryl methyl sites for hydroxylation is 2. The fraction of sp³-hybridized carbons (Fsp3) is 0.243. The number of hydrogen-bond acceptors (Lipinski definition) is 7. The van der Waals surface area contributed by atoms with E-state index in [-0.39, 0.29) is 17.4 Å². The second-order valence-corrected chi connectivity index (χ2v) is 12.3. The number of fused-ring (bicyclic) bond motifs is 2. The number of H-pyrrole nitrogens is 1. The zero-order valence-electron chi connectivity index (χ0n) is 28.6. The molecule has 0 aliphatic carbocycles. The van der Waals surface area contributed by atoms with Crippen LogP contribution in [0.25, 0.3) is 28.2 Å². The van der Waals surface area contributed by atoms with E-state index < -0.39 is 6.03 Å². The molecule has 3 amide bonds. The maximum Gasteiger partial charge on any atom is 0.323 e. The fourth-order valence-electron chi connectivity index (χ4n) is 5.86. The minimum absolute atomic E-state index is 0.0979. The summed E-state index contributed by atoms with van der Waals surface area (Å²) in [5, 5.41) is 11.0. The molecule has 0 radical (unpaired) electrons. The van der Waals surface area contributed by atoms with Crippen LogP contribution in [-0.4, -0.2) is 83.6 Å². The van der Waals surface area contributed by atoms with Gasteiger partial charge in [-0.3, -0.25) is 14.3 Å². The van der Waals surface area contributed by atoms with E-state index in [1.165, 1.54) is 0 Å². The summed E-state index contributed by atoms with van der Waals surface area (Å²) >= 11 is 0. The zero-order valence-corrected chi connectivity index (χ0v) is 28.6. The number of nitrogens with zero attached hydrogens (tertiary/aromatic N) is 4. The lowest BCUT2D eigenvalue weighted by Crippen LogP contribution is -2.33. The molecular formula is C37H39N7O5. The Morgan fingerprint density at radius 3 is 2.37 bits per heavy atom. The molecule has 2 aromatic heterocycles. The van der Waals surface area contributed by atoms with E-state index in [0.717, 1.165) is 45.7 Å². The Hall–Kier alpha value is -5.88. The summed E-state index contributed by atoms with van der Waals surface area (Å²) in [5.41, 5.74) is 7.02. The number of ether oxygens (including phenoxy) is 2. The molecule has 0 unspecified atom stereocenters. The van der Waals surface area contributed by atoms with Gasteiger partial charge in [-0.25, -0.2) is 4.79 Å². The van der Waals surface area contributed by atoms with Gasteiger partial charge < -0.3 is 34.9 Å². The first-order chi connectivity index (χ1) is 23.4. The van der Waals surface area contributed by atoms with Crippen molar-refractivity contribution in [3.8, 4) is 22.8 Å². The molecule has 12 nitrogen and oxygen atoms in total. The number of ketones is 1. The molecule has 12 heteroatoms. The third-order valence-corrected chi connectivity index (χ3v) is 8.63. The number of Topliss-reactive ketones (excluding diaryl/α,β-unsaturated/α-hetero) is 1. The van der Waals surface area contributed by atoms with Crippen molar-refractivity contribution in [3.05, 3.63) is 94.5 Å². The number of anilines is 2. The summed E-state index contributed by atoms with van der Waals surface area (Å²) in [6.07, 6.45) is 1.75. The Bertz CT molecular complexity index is 2130. The van der Waals surface area contributed by atoms with E-state index in [1.54, 1.807) is 67.6 Å². The van der Waals surface area contributed by atoms with Gasteiger partial charge in [0, 0.05) is 71.8 Å². The summed E-state index contributed by atoms with van der Waals surface area (Å²) < 4.78 is 13.4. The first-order valence-electron chi connectivity index (χ1n) is 15.8. The van der Waals surface area contributed by atoms with Crippen LogP contribution in [0.2, 0.25) is 0 Å². The second-order valence-electron chi connectivity index (χ2n) is 12.3. The van der Waals surface area contributed by atoms with Gasteiger partial charge in [0.1, 0.15) is 11.5 Å². The van der Waals surface area contributed by atoms with Crippen molar-refractivity contribution in [3.63, 3.8) is 0 Å². The van der Waals surface area contributed by atoms with E-state index >= 15 is 0 Å². The van der Waals surface area contributed by atoms with Crippen LogP contribution >= 0.6 is 0 Å². The highest BCUT2D eigenvalue weighted by Gasteiger charge is 2.29. The highest BCUT2D eigenvalue weighted by atomic mass is 16.5. The van der Waals surface area contributed by atoms with Gasteiger partial charge in [-0.1, -0.05) is 0 Å². The summed E-state index contributed by atoms with van der Waals surface area (Å²) in [6, 6.07) is 16.9. The Balaban J connectivity index is 1.20. The molecule has 49 heavy (non-hydrogen) atoms. The van der Waals surface area contributed by atoms with Crippen LogP contribution in [0.5, 0.6) is 11.5 Å². The lowest BCUT2D eigenvalue weighted by Gasteiger charge is -2.19. The van der Waals surface area contributed by atoms with Gasteiger partial charge in [0.05, 0.1) is 24.1 Å². The Kier molecular flexibility index (Phi) is 8.98. The summed E-state index contributed by atoms with van der Waals surface area (Å²) in [6.45, 7) is 5.31. The number of amides is 3. The minimum Gasteiger partial charge on any atom is -0.497 e. The maximum atomic E-state index is 13.7. The number of urea groups is 1. The Labute approximate surface area is 284 Å². The third-order valence-electron chi connectivity index (χ3n) is 8.63. The van der Waals surface area contributed by atoms with Crippen molar-refractivity contribution >= 4 is 46.1 Å². The average Bonchev–Trinajstić information content (AvgIpc) is 3.68. The second kappa shape index (κ2) is 13.3. The topological polar surface area (TPSA) is 134 Å².